The van der Waals surface area contributed by atoms with Crippen molar-refractivity contribution < 1.29 is 24.0 Å². The highest BCUT2D eigenvalue weighted by Gasteiger charge is 2.21. The van der Waals surface area contributed by atoms with Crippen LogP contribution in [0.4, 0.5) is 10.5 Å². The molecular formula is C29H25ClN2O5. The van der Waals surface area contributed by atoms with E-state index in [1.54, 1.807) is 13.0 Å². The van der Waals surface area contributed by atoms with Crippen molar-refractivity contribution >= 4 is 29.4 Å². The van der Waals surface area contributed by atoms with E-state index in [1.807, 2.05) is 54.6 Å². The number of carbonyl (C=O) groups is 2. The maximum atomic E-state index is 12.5. The van der Waals surface area contributed by atoms with Gasteiger partial charge in [-0.15, -0.1) is 0 Å². The van der Waals surface area contributed by atoms with Crippen LogP contribution in [0.1, 0.15) is 41.7 Å². The summed E-state index contributed by atoms with van der Waals surface area (Å²) in [5.74, 6) is -0.402. The van der Waals surface area contributed by atoms with E-state index < -0.39 is 18.2 Å². The molecule has 4 aromatic rings. The number of aromatic nitrogens is 1. The van der Waals surface area contributed by atoms with Crippen LogP contribution in [-0.2, 0) is 28.8 Å². The molecule has 3 aromatic carbocycles. The van der Waals surface area contributed by atoms with E-state index in [9.17, 15) is 14.7 Å². The minimum Gasteiger partial charge on any atom is -0.481 e. The van der Waals surface area contributed by atoms with Crippen LogP contribution in [0, 0.1) is 0 Å². The van der Waals surface area contributed by atoms with Crippen molar-refractivity contribution in [1.29, 1.82) is 0 Å². The topological polar surface area (TPSA) is 102 Å². The maximum Gasteiger partial charge on any atom is 0.412 e. The molecule has 1 amide bonds. The molecule has 1 unspecified atom stereocenters. The molecule has 188 valence electrons. The first-order valence-corrected chi connectivity index (χ1v) is 12.4. The van der Waals surface area contributed by atoms with Crippen LogP contribution in [0.5, 0.6) is 0 Å². The van der Waals surface area contributed by atoms with Crippen LogP contribution < -0.4 is 5.32 Å². The smallest absolute Gasteiger partial charge is 0.412 e. The van der Waals surface area contributed by atoms with Crippen LogP contribution >= 0.6 is 11.6 Å². The molecule has 1 aliphatic carbocycles. The van der Waals surface area contributed by atoms with E-state index in [0.29, 0.717) is 22.0 Å². The van der Waals surface area contributed by atoms with Crippen molar-refractivity contribution in [3.8, 4) is 22.5 Å². The first-order valence-electron chi connectivity index (χ1n) is 12.0. The van der Waals surface area contributed by atoms with E-state index in [2.05, 4.69) is 10.5 Å². The number of nitrogens with one attached hydrogen (secondary N) is 1. The second kappa shape index (κ2) is 10.5. The molecule has 1 aromatic heterocycles. The average Bonchev–Trinajstić information content (AvgIpc) is 3.55. The molecule has 2 N–H and O–H groups in total. The molecule has 5 rings (SSSR count). The van der Waals surface area contributed by atoms with Gasteiger partial charge >= 0.3 is 12.1 Å². The second-order valence-corrected chi connectivity index (χ2v) is 9.40. The number of ether oxygens (including phenoxy) is 1. The largest absolute Gasteiger partial charge is 0.481 e. The van der Waals surface area contributed by atoms with Gasteiger partial charge in [-0.25, -0.2) is 4.79 Å². The fraction of sp³-hybridized carbons (Fsp3) is 0.207. The zero-order valence-corrected chi connectivity index (χ0v) is 20.9. The Morgan fingerprint density at radius 2 is 1.78 bits per heavy atom. The minimum absolute atomic E-state index is 0.0441. The number of hydrogen-bond donors (Lipinski definition) is 2. The minimum atomic E-state index is -0.815. The van der Waals surface area contributed by atoms with Crippen molar-refractivity contribution in [3.05, 3.63) is 94.1 Å². The highest BCUT2D eigenvalue weighted by atomic mass is 35.5. The first-order chi connectivity index (χ1) is 17.9. The Morgan fingerprint density at radius 1 is 1.05 bits per heavy atom. The van der Waals surface area contributed by atoms with Gasteiger partial charge in [-0.2, -0.15) is 0 Å². The quantitative estimate of drug-likeness (QED) is 0.272. The van der Waals surface area contributed by atoms with E-state index >= 15 is 0 Å². The molecule has 0 radical (unpaired) electrons. The highest BCUT2D eigenvalue weighted by Crippen LogP contribution is 2.37. The van der Waals surface area contributed by atoms with Gasteiger partial charge in [0.15, 0.2) is 5.76 Å². The van der Waals surface area contributed by atoms with E-state index in [-0.39, 0.29) is 6.42 Å². The highest BCUT2D eigenvalue weighted by molar-refractivity contribution is 6.31. The molecule has 1 aliphatic rings. The number of carboxylic acids is 1. The predicted octanol–water partition coefficient (Wildman–Crippen LogP) is 7.09. The van der Waals surface area contributed by atoms with Crippen LogP contribution in [0.25, 0.3) is 22.5 Å². The fourth-order valence-corrected chi connectivity index (χ4v) is 5.18. The Hall–Kier alpha value is -4.10. The number of fused-ring (bicyclic) bond motifs is 1. The SMILES string of the molecule is CC(OC(=O)Nc1cnoc1-c1ccc(-c2ccc(CC(=O)O)c3c2CCC3)cc1)c1ccccc1Cl. The Labute approximate surface area is 219 Å². The zero-order valence-electron chi connectivity index (χ0n) is 20.2. The summed E-state index contributed by atoms with van der Waals surface area (Å²) in [7, 11) is 0. The predicted molar refractivity (Wildman–Crippen MR) is 141 cm³/mol. The lowest BCUT2D eigenvalue weighted by Crippen LogP contribution is -2.16. The second-order valence-electron chi connectivity index (χ2n) is 8.99. The molecule has 0 fully saturated rings. The summed E-state index contributed by atoms with van der Waals surface area (Å²) in [6, 6.07) is 18.9. The van der Waals surface area contributed by atoms with Gasteiger partial charge in [-0.3, -0.25) is 10.1 Å². The molecule has 0 aliphatic heterocycles. The lowest BCUT2D eigenvalue weighted by Gasteiger charge is -2.15. The molecule has 0 bridgehead atoms. The molecule has 0 saturated carbocycles. The summed E-state index contributed by atoms with van der Waals surface area (Å²) in [6.07, 6.45) is 3.15. The number of amides is 1. The molecule has 37 heavy (non-hydrogen) atoms. The van der Waals surface area contributed by atoms with Gasteiger partial charge in [-0.05, 0) is 60.1 Å². The van der Waals surface area contributed by atoms with Gasteiger partial charge in [0.05, 0.1) is 12.6 Å². The monoisotopic (exact) mass is 516 g/mol. The van der Waals surface area contributed by atoms with Gasteiger partial charge in [-0.1, -0.05) is 71.4 Å². The van der Waals surface area contributed by atoms with Crippen LogP contribution in [-0.4, -0.2) is 22.3 Å². The Kier molecular flexibility index (Phi) is 6.97. The number of benzene rings is 3. The summed E-state index contributed by atoms with van der Waals surface area (Å²) in [4.78, 5) is 23.8. The number of carbonyl (C=O) groups excluding carboxylic acids is 1. The molecule has 8 heteroatoms. The normalized spacial score (nSPS) is 13.1. The summed E-state index contributed by atoms with van der Waals surface area (Å²) >= 11 is 6.21. The fourth-order valence-electron chi connectivity index (χ4n) is 4.89. The lowest BCUT2D eigenvalue weighted by molar-refractivity contribution is -0.136. The van der Waals surface area contributed by atoms with E-state index in [4.69, 9.17) is 20.9 Å². The molecular weight excluding hydrogens is 492 g/mol. The van der Waals surface area contributed by atoms with Gasteiger partial charge in [0.2, 0.25) is 0 Å². The lowest BCUT2D eigenvalue weighted by atomic mass is 9.92. The van der Waals surface area contributed by atoms with Gasteiger partial charge < -0.3 is 14.4 Å². The number of carboxylic acid groups (broad SMARTS) is 1. The van der Waals surface area contributed by atoms with Gasteiger partial charge in [0, 0.05) is 16.1 Å². The summed E-state index contributed by atoms with van der Waals surface area (Å²) in [5, 5.41) is 16.3. The van der Waals surface area contributed by atoms with Crippen LogP contribution in [0.3, 0.4) is 0 Å². The number of aliphatic carboxylic acids is 1. The number of anilines is 1. The molecule has 1 heterocycles. The third kappa shape index (κ3) is 5.22. The molecule has 7 nitrogen and oxygen atoms in total. The van der Waals surface area contributed by atoms with E-state index in [0.717, 1.165) is 47.1 Å². The number of rotatable bonds is 7. The number of hydrogen-bond acceptors (Lipinski definition) is 5. The van der Waals surface area contributed by atoms with Gasteiger partial charge in [0.25, 0.3) is 0 Å². The number of halogens is 1. The average molecular weight is 517 g/mol. The summed E-state index contributed by atoms with van der Waals surface area (Å²) < 4.78 is 10.9. The first kappa shape index (κ1) is 24.6. The summed E-state index contributed by atoms with van der Waals surface area (Å²) in [6.45, 7) is 1.75. The molecule has 1 atom stereocenters. The summed E-state index contributed by atoms with van der Waals surface area (Å²) in [5.41, 5.74) is 7.28. The maximum absolute atomic E-state index is 12.5. The molecule has 0 spiro atoms. The van der Waals surface area contributed by atoms with Crippen molar-refractivity contribution in [2.24, 2.45) is 0 Å². The van der Waals surface area contributed by atoms with Crippen molar-refractivity contribution in [1.82, 2.24) is 5.16 Å². The van der Waals surface area contributed by atoms with Crippen molar-refractivity contribution in [2.45, 2.75) is 38.7 Å². The van der Waals surface area contributed by atoms with Crippen molar-refractivity contribution in [2.75, 3.05) is 5.32 Å². The third-order valence-corrected chi connectivity index (χ3v) is 6.96. The Balaban J connectivity index is 1.32. The van der Waals surface area contributed by atoms with Crippen LogP contribution in [0.15, 0.2) is 71.4 Å². The zero-order chi connectivity index (χ0) is 25.9. The van der Waals surface area contributed by atoms with Crippen LogP contribution in [0.2, 0.25) is 5.02 Å². The molecule has 0 saturated heterocycles. The standard InChI is InChI=1S/C29H25ClN2O5/c1-17(21-5-2-3-8-25(21)30)36-29(35)32-26-16-31-37-28(26)19-11-9-18(10-12-19)23-14-13-20(15-27(33)34)22-6-4-7-24(22)23/h2-3,5,8-14,16-17H,4,6-7,15H2,1H3,(H,32,35)(H,33,34). The Morgan fingerprint density at radius 3 is 2.54 bits per heavy atom. The van der Waals surface area contributed by atoms with Gasteiger partial charge in [0.1, 0.15) is 11.8 Å². The van der Waals surface area contributed by atoms with E-state index in [1.165, 1.54) is 11.8 Å². The number of nitrogens with zero attached hydrogens (tertiary/aromatic N) is 1. The Bertz CT molecular complexity index is 1460. The van der Waals surface area contributed by atoms with Crippen molar-refractivity contribution in [3.63, 3.8) is 0 Å². The third-order valence-electron chi connectivity index (χ3n) is 6.62.